The Kier molecular flexibility index (Phi) is 6.23. The molecule has 0 unspecified atom stereocenters. The van der Waals surface area contributed by atoms with Gasteiger partial charge in [0.15, 0.2) is 6.61 Å². The van der Waals surface area contributed by atoms with Crippen LogP contribution in [-0.4, -0.2) is 30.4 Å². The fourth-order valence-electron chi connectivity index (χ4n) is 2.01. The predicted octanol–water partition coefficient (Wildman–Crippen LogP) is 4.12. The summed E-state index contributed by atoms with van der Waals surface area (Å²) in [6.45, 7) is 1.96. The van der Waals surface area contributed by atoms with Gasteiger partial charge in [-0.15, -0.1) is 0 Å². The van der Waals surface area contributed by atoms with Crippen molar-refractivity contribution in [3.8, 4) is 0 Å². The third-order valence-electron chi connectivity index (χ3n) is 3.44. The highest BCUT2D eigenvalue weighted by Crippen LogP contribution is 2.23. The number of nitrogens with zero attached hydrogens (tertiary/aromatic N) is 1. The molecule has 0 bridgehead atoms. The largest absolute Gasteiger partial charge is 0.452 e. The number of halogens is 2. The van der Waals surface area contributed by atoms with Crippen LogP contribution >= 0.6 is 23.2 Å². The van der Waals surface area contributed by atoms with E-state index in [1.54, 1.807) is 37.4 Å². The van der Waals surface area contributed by atoms with E-state index in [-0.39, 0.29) is 12.5 Å². The van der Waals surface area contributed by atoms with Gasteiger partial charge in [0, 0.05) is 13.6 Å². The molecule has 4 nitrogen and oxygen atoms in total. The van der Waals surface area contributed by atoms with Gasteiger partial charge in [0.25, 0.3) is 5.91 Å². The topological polar surface area (TPSA) is 46.6 Å². The van der Waals surface area contributed by atoms with Crippen LogP contribution in [0.2, 0.25) is 10.0 Å². The molecule has 0 spiro atoms. The second-order valence-electron chi connectivity index (χ2n) is 5.44. The van der Waals surface area contributed by atoms with Gasteiger partial charge in [-0.05, 0) is 36.8 Å². The number of amides is 1. The first-order valence-corrected chi connectivity index (χ1v) is 8.04. The molecule has 126 valence electrons. The smallest absolute Gasteiger partial charge is 0.338 e. The molecule has 0 saturated carbocycles. The number of carbonyl (C=O) groups is 2. The van der Waals surface area contributed by atoms with Crippen LogP contribution in [0.15, 0.2) is 42.5 Å². The Balaban J connectivity index is 1.88. The van der Waals surface area contributed by atoms with E-state index in [1.807, 2.05) is 19.1 Å². The van der Waals surface area contributed by atoms with Crippen LogP contribution in [-0.2, 0) is 16.1 Å². The fraction of sp³-hybridized carbons (Fsp3) is 0.222. The maximum Gasteiger partial charge on any atom is 0.338 e. The predicted molar refractivity (Wildman–Crippen MR) is 94.4 cm³/mol. The molecule has 6 heteroatoms. The van der Waals surface area contributed by atoms with Crippen molar-refractivity contribution < 1.29 is 14.3 Å². The lowest BCUT2D eigenvalue weighted by molar-refractivity contribution is -0.133. The summed E-state index contributed by atoms with van der Waals surface area (Å²) in [5.74, 6) is -0.826. The average molecular weight is 366 g/mol. The van der Waals surface area contributed by atoms with Crippen molar-refractivity contribution >= 4 is 35.1 Å². The first-order valence-electron chi connectivity index (χ1n) is 7.28. The van der Waals surface area contributed by atoms with Crippen LogP contribution in [0.1, 0.15) is 21.5 Å². The molecule has 0 aliphatic carbocycles. The number of aryl methyl sites for hydroxylation is 1. The molecule has 2 rings (SSSR count). The molecule has 0 aliphatic rings. The van der Waals surface area contributed by atoms with Crippen molar-refractivity contribution in [1.29, 1.82) is 0 Å². The summed E-state index contributed by atoms with van der Waals surface area (Å²) < 4.78 is 5.05. The Morgan fingerprint density at radius 3 is 2.33 bits per heavy atom. The van der Waals surface area contributed by atoms with Crippen molar-refractivity contribution in [3.05, 3.63) is 69.2 Å². The first-order chi connectivity index (χ1) is 11.4. The normalized spacial score (nSPS) is 10.3. The summed E-state index contributed by atoms with van der Waals surface area (Å²) in [5, 5.41) is 0.891. The zero-order valence-electron chi connectivity index (χ0n) is 13.4. The van der Waals surface area contributed by atoms with Crippen LogP contribution in [0.4, 0.5) is 0 Å². The highest BCUT2D eigenvalue weighted by molar-refractivity contribution is 6.42. The summed E-state index contributed by atoms with van der Waals surface area (Å²) in [6.07, 6.45) is 0. The summed E-state index contributed by atoms with van der Waals surface area (Å²) in [5.41, 5.74) is 2.30. The van der Waals surface area contributed by atoms with Crippen LogP contribution in [0.3, 0.4) is 0 Å². The van der Waals surface area contributed by atoms with Gasteiger partial charge >= 0.3 is 5.97 Å². The monoisotopic (exact) mass is 365 g/mol. The number of hydrogen-bond acceptors (Lipinski definition) is 3. The number of ether oxygens (including phenoxy) is 1. The molecule has 0 saturated heterocycles. The average Bonchev–Trinajstić information content (AvgIpc) is 2.56. The van der Waals surface area contributed by atoms with Gasteiger partial charge in [0.1, 0.15) is 0 Å². The van der Waals surface area contributed by atoms with Gasteiger partial charge in [-0.2, -0.15) is 0 Å². The van der Waals surface area contributed by atoms with Gasteiger partial charge in [0.2, 0.25) is 0 Å². The Bertz CT molecular complexity index is 744. The zero-order valence-corrected chi connectivity index (χ0v) is 14.9. The zero-order chi connectivity index (χ0) is 17.7. The summed E-state index contributed by atoms with van der Waals surface area (Å²) in [6, 6.07) is 12.1. The Morgan fingerprint density at radius 2 is 1.71 bits per heavy atom. The maximum atomic E-state index is 12.1. The fourth-order valence-corrected chi connectivity index (χ4v) is 2.33. The Hall–Kier alpha value is -2.04. The molecular weight excluding hydrogens is 349 g/mol. The van der Waals surface area contributed by atoms with E-state index in [0.29, 0.717) is 22.2 Å². The van der Waals surface area contributed by atoms with Crippen molar-refractivity contribution in [2.45, 2.75) is 13.5 Å². The van der Waals surface area contributed by atoms with E-state index in [4.69, 9.17) is 27.9 Å². The molecule has 0 fully saturated rings. The molecular formula is C18H17Cl2NO3. The van der Waals surface area contributed by atoms with Gasteiger partial charge in [-0.3, -0.25) is 4.79 Å². The van der Waals surface area contributed by atoms with Crippen molar-refractivity contribution in [2.75, 3.05) is 13.7 Å². The third-order valence-corrected chi connectivity index (χ3v) is 4.18. The molecule has 0 aromatic heterocycles. The molecule has 0 aliphatic heterocycles. The highest BCUT2D eigenvalue weighted by Gasteiger charge is 2.14. The van der Waals surface area contributed by atoms with Gasteiger partial charge in [-0.1, -0.05) is 47.0 Å². The van der Waals surface area contributed by atoms with E-state index in [2.05, 4.69) is 0 Å². The minimum Gasteiger partial charge on any atom is -0.452 e. The molecule has 2 aromatic carbocycles. The Labute approximate surface area is 150 Å². The number of esters is 1. The lowest BCUT2D eigenvalue weighted by Gasteiger charge is -2.17. The highest BCUT2D eigenvalue weighted by atomic mass is 35.5. The number of rotatable bonds is 5. The second-order valence-corrected chi connectivity index (χ2v) is 6.25. The first kappa shape index (κ1) is 18.3. The van der Waals surface area contributed by atoms with E-state index >= 15 is 0 Å². The van der Waals surface area contributed by atoms with E-state index in [9.17, 15) is 9.59 Å². The molecule has 24 heavy (non-hydrogen) atoms. The minimum absolute atomic E-state index is 0.304. The van der Waals surface area contributed by atoms with Crippen molar-refractivity contribution in [3.63, 3.8) is 0 Å². The molecule has 0 N–H and O–H groups in total. The SMILES string of the molecule is Cc1ccc(C(=O)OCC(=O)N(C)Cc2ccc(Cl)c(Cl)c2)cc1. The molecule has 0 heterocycles. The quantitative estimate of drug-likeness (QED) is 0.748. The van der Waals surface area contributed by atoms with Gasteiger partial charge in [0.05, 0.1) is 15.6 Å². The van der Waals surface area contributed by atoms with Crippen LogP contribution in [0.5, 0.6) is 0 Å². The minimum atomic E-state index is -0.522. The number of hydrogen-bond donors (Lipinski definition) is 0. The summed E-state index contributed by atoms with van der Waals surface area (Å²) in [7, 11) is 1.63. The molecule has 1 amide bonds. The van der Waals surface area contributed by atoms with Crippen molar-refractivity contribution in [2.24, 2.45) is 0 Å². The second kappa shape index (κ2) is 8.18. The van der Waals surface area contributed by atoms with Crippen LogP contribution in [0, 0.1) is 6.92 Å². The lowest BCUT2D eigenvalue weighted by atomic mass is 10.1. The molecule has 2 aromatic rings. The van der Waals surface area contributed by atoms with E-state index < -0.39 is 5.97 Å². The maximum absolute atomic E-state index is 12.1. The van der Waals surface area contributed by atoms with Crippen molar-refractivity contribution in [1.82, 2.24) is 4.90 Å². The number of likely N-dealkylation sites (N-methyl/N-ethyl adjacent to an activating group) is 1. The lowest BCUT2D eigenvalue weighted by Crippen LogP contribution is -2.30. The summed E-state index contributed by atoms with van der Waals surface area (Å²) >= 11 is 11.8. The van der Waals surface area contributed by atoms with Crippen LogP contribution in [0.25, 0.3) is 0 Å². The van der Waals surface area contributed by atoms with E-state index in [1.165, 1.54) is 4.90 Å². The number of benzene rings is 2. The Morgan fingerprint density at radius 1 is 1.04 bits per heavy atom. The summed E-state index contributed by atoms with van der Waals surface area (Å²) in [4.78, 5) is 25.4. The van der Waals surface area contributed by atoms with Crippen LogP contribution < -0.4 is 0 Å². The standard InChI is InChI=1S/C18H17Cl2NO3/c1-12-3-6-14(7-4-12)18(23)24-11-17(22)21(2)10-13-5-8-15(19)16(20)9-13/h3-9H,10-11H2,1-2H3. The van der Waals surface area contributed by atoms with Gasteiger partial charge in [-0.25, -0.2) is 4.79 Å². The molecule has 0 atom stereocenters. The number of carbonyl (C=O) groups excluding carboxylic acids is 2. The molecule has 0 radical (unpaired) electrons. The third kappa shape index (κ3) is 4.98. The van der Waals surface area contributed by atoms with E-state index in [0.717, 1.165) is 11.1 Å². The van der Waals surface area contributed by atoms with Gasteiger partial charge < -0.3 is 9.64 Å².